The number of carbonyl (C=O) groups is 2. The molecule has 20 heavy (non-hydrogen) atoms. The Morgan fingerprint density at radius 2 is 1.55 bits per heavy atom. The molecular formula is C14H14O5S. The number of allylic oxidation sites excluding steroid dienone is 2. The van der Waals surface area contributed by atoms with Crippen molar-refractivity contribution in [1.29, 1.82) is 0 Å². The van der Waals surface area contributed by atoms with Gasteiger partial charge in [0.2, 0.25) is 0 Å². The van der Waals surface area contributed by atoms with Gasteiger partial charge in [-0.2, -0.15) is 8.42 Å². The zero-order valence-corrected chi connectivity index (χ0v) is 12.0. The maximum Gasteiger partial charge on any atom is 0.295 e. The lowest BCUT2D eigenvalue weighted by atomic mass is 9.95. The van der Waals surface area contributed by atoms with E-state index in [2.05, 4.69) is 13.2 Å². The summed E-state index contributed by atoms with van der Waals surface area (Å²) in [6, 6.07) is 3.64. The van der Waals surface area contributed by atoms with Crippen molar-refractivity contribution in [1.82, 2.24) is 0 Å². The largest absolute Gasteiger partial charge is 0.295 e. The number of ketones is 2. The van der Waals surface area contributed by atoms with Gasteiger partial charge in [0, 0.05) is 5.56 Å². The van der Waals surface area contributed by atoms with E-state index in [1.807, 2.05) is 0 Å². The van der Waals surface area contributed by atoms with Crippen molar-refractivity contribution in [3.8, 4) is 0 Å². The Bertz CT molecular complexity index is 726. The molecule has 0 aromatic heterocycles. The van der Waals surface area contributed by atoms with Crippen molar-refractivity contribution in [2.75, 3.05) is 0 Å². The van der Waals surface area contributed by atoms with Crippen LogP contribution in [0, 0.1) is 0 Å². The van der Waals surface area contributed by atoms with Crippen LogP contribution in [0.5, 0.6) is 0 Å². The van der Waals surface area contributed by atoms with Gasteiger partial charge < -0.3 is 0 Å². The molecule has 0 atom stereocenters. The predicted octanol–water partition coefficient (Wildman–Crippen LogP) is 2.45. The monoisotopic (exact) mass is 294 g/mol. The number of Topliss-reactive ketones (excluding diaryl/α,β-unsaturated/α-hetero) is 2. The van der Waals surface area contributed by atoms with Crippen LogP contribution in [0.1, 0.15) is 34.6 Å². The third-order valence-electron chi connectivity index (χ3n) is 2.55. The van der Waals surface area contributed by atoms with Crippen LogP contribution in [0.2, 0.25) is 0 Å². The molecule has 1 rings (SSSR count). The molecule has 0 fully saturated rings. The summed E-state index contributed by atoms with van der Waals surface area (Å²) in [7, 11) is -4.64. The van der Waals surface area contributed by atoms with Crippen LogP contribution in [-0.4, -0.2) is 24.5 Å². The summed E-state index contributed by atoms with van der Waals surface area (Å²) in [6.07, 6.45) is 0. The van der Waals surface area contributed by atoms with E-state index in [9.17, 15) is 22.6 Å². The zero-order valence-electron chi connectivity index (χ0n) is 11.1. The van der Waals surface area contributed by atoms with Crippen molar-refractivity contribution < 1.29 is 22.6 Å². The Morgan fingerprint density at radius 1 is 1.05 bits per heavy atom. The molecule has 0 radical (unpaired) electrons. The quantitative estimate of drug-likeness (QED) is 0.512. The maximum atomic E-state index is 12.1. The van der Waals surface area contributed by atoms with E-state index < -0.39 is 26.6 Å². The number of carbonyl (C=O) groups excluding carboxylic acids is 2. The van der Waals surface area contributed by atoms with Gasteiger partial charge in [0.05, 0.1) is 5.56 Å². The molecular weight excluding hydrogens is 280 g/mol. The summed E-state index contributed by atoms with van der Waals surface area (Å²) in [5.74, 6) is -1.29. The molecule has 0 aliphatic rings. The lowest BCUT2D eigenvalue weighted by Crippen LogP contribution is -2.15. The highest BCUT2D eigenvalue weighted by atomic mass is 32.2. The van der Waals surface area contributed by atoms with Gasteiger partial charge in [-0.3, -0.25) is 14.1 Å². The molecule has 0 aliphatic heterocycles. The lowest BCUT2D eigenvalue weighted by molar-refractivity contribution is 0.0997. The van der Waals surface area contributed by atoms with Crippen molar-refractivity contribution in [3.63, 3.8) is 0 Å². The first-order chi connectivity index (χ1) is 9.07. The fourth-order valence-corrected chi connectivity index (χ4v) is 2.32. The van der Waals surface area contributed by atoms with Crippen molar-refractivity contribution in [2.45, 2.75) is 18.7 Å². The SMILES string of the molecule is C=C(C)C(=O)c1cccc(S(=O)(=O)O)c1C(=O)C(=C)C. The summed E-state index contributed by atoms with van der Waals surface area (Å²) in [5.41, 5.74) is -0.304. The van der Waals surface area contributed by atoms with Crippen molar-refractivity contribution in [2.24, 2.45) is 0 Å². The third-order valence-corrected chi connectivity index (χ3v) is 3.45. The number of hydrogen-bond acceptors (Lipinski definition) is 4. The fourth-order valence-electron chi connectivity index (χ4n) is 1.61. The molecule has 6 heteroatoms. The molecule has 0 bridgehead atoms. The molecule has 5 nitrogen and oxygen atoms in total. The summed E-state index contributed by atoms with van der Waals surface area (Å²) in [5, 5.41) is 0. The van der Waals surface area contributed by atoms with Crippen molar-refractivity contribution >= 4 is 21.7 Å². The molecule has 0 saturated carbocycles. The van der Waals surface area contributed by atoms with E-state index in [-0.39, 0.29) is 22.3 Å². The highest BCUT2D eigenvalue weighted by molar-refractivity contribution is 7.86. The van der Waals surface area contributed by atoms with Crippen LogP contribution in [0.25, 0.3) is 0 Å². The standard InChI is InChI=1S/C14H14O5S/c1-8(2)13(15)10-6-5-7-11(20(17,18)19)12(10)14(16)9(3)4/h5-7H,1,3H2,2,4H3,(H,17,18,19). The smallest absolute Gasteiger partial charge is 0.289 e. The Labute approximate surface area is 117 Å². The first-order valence-corrected chi connectivity index (χ1v) is 7.02. The normalized spacial score (nSPS) is 10.9. The number of rotatable bonds is 5. The van der Waals surface area contributed by atoms with Crippen LogP contribution in [0.15, 0.2) is 47.4 Å². The molecule has 0 spiro atoms. The maximum absolute atomic E-state index is 12.1. The van der Waals surface area contributed by atoms with E-state index in [1.165, 1.54) is 26.0 Å². The van der Waals surface area contributed by atoms with Gasteiger partial charge in [-0.25, -0.2) is 0 Å². The molecule has 1 aromatic rings. The van der Waals surface area contributed by atoms with Gasteiger partial charge in [0.25, 0.3) is 10.1 Å². The first-order valence-electron chi connectivity index (χ1n) is 5.58. The second-order valence-corrected chi connectivity index (χ2v) is 5.76. The van der Waals surface area contributed by atoms with E-state index >= 15 is 0 Å². The Kier molecular flexibility index (Phi) is 4.42. The summed E-state index contributed by atoms with van der Waals surface area (Å²) in [4.78, 5) is 23.5. The topological polar surface area (TPSA) is 88.5 Å². The van der Waals surface area contributed by atoms with Crippen LogP contribution in [0.4, 0.5) is 0 Å². The second kappa shape index (κ2) is 5.52. The molecule has 0 saturated heterocycles. The molecule has 0 aliphatic carbocycles. The van der Waals surface area contributed by atoms with Gasteiger partial charge in [-0.05, 0) is 31.1 Å². The third kappa shape index (κ3) is 3.09. The van der Waals surface area contributed by atoms with Crippen molar-refractivity contribution in [3.05, 3.63) is 53.6 Å². The highest BCUT2D eigenvalue weighted by Gasteiger charge is 2.26. The van der Waals surface area contributed by atoms with E-state index in [1.54, 1.807) is 0 Å². The predicted molar refractivity (Wildman–Crippen MR) is 74.5 cm³/mol. The highest BCUT2D eigenvalue weighted by Crippen LogP contribution is 2.24. The van der Waals surface area contributed by atoms with E-state index in [0.717, 1.165) is 6.07 Å². The minimum Gasteiger partial charge on any atom is -0.289 e. The molecule has 0 unspecified atom stereocenters. The van der Waals surface area contributed by atoms with Crippen LogP contribution >= 0.6 is 0 Å². The van der Waals surface area contributed by atoms with E-state index in [0.29, 0.717) is 0 Å². The van der Waals surface area contributed by atoms with Gasteiger partial charge >= 0.3 is 0 Å². The average Bonchev–Trinajstić information content (AvgIpc) is 2.34. The molecule has 0 amide bonds. The van der Waals surface area contributed by atoms with Gasteiger partial charge in [0.15, 0.2) is 11.6 Å². The molecule has 0 heterocycles. The van der Waals surface area contributed by atoms with Crippen LogP contribution in [0.3, 0.4) is 0 Å². The van der Waals surface area contributed by atoms with Crippen LogP contribution < -0.4 is 0 Å². The Balaban J connectivity index is 3.80. The summed E-state index contributed by atoms with van der Waals surface area (Å²) in [6.45, 7) is 9.74. The molecule has 106 valence electrons. The summed E-state index contributed by atoms with van der Waals surface area (Å²) >= 11 is 0. The van der Waals surface area contributed by atoms with Gasteiger partial charge in [-0.15, -0.1) is 0 Å². The Morgan fingerprint density at radius 3 is 1.95 bits per heavy atom. The molecule has 1 N–H and O–H groups in total. The van der Waals surface area contributed by atoms with Crippen LogP contribution in [-0.2, 0) is 10.1 Å². The minimum absolute atomic E-state index is 0.0527. The zero-order chi connectivity index (χ0) is 15.7. The van der Waals surface area contributed by atoms with Gasteiger partial charge in [-0.1, -0.05) is 25.3 Å². The number of hydrogen-bond donors (Lipinski definition) is 1. The Hall–Kier alpha value is -2.05. The first kappa shape index (κ1) is 16.0. The number of benzene rings is 1. The summed E-state index contributed by atoms with van der Waals surface area (Å²) < 4.78 is 31.9. The average molecular weight is 294 g/mol. The minimum atomic E-state index is -4.64. The second-order valence-electron chi connectivity index (χ2n) is 4.37. The van der Waals surface area contributed by atoms with E-state index in [4.69, 9.17) is 0 Å². The molecule has 1 aromatic carbocycles. The van der Waals surface area contributed by atoms with Gasteiger partial charge in [0.1, 0.15) is 4.90 Å². The lowest BCUT2D eigenvalue weighted by Gasteiger charge is -2.11. The fraction of sp³-hybridized carbons (Fsp3) is 0.143.